The van der Waals surface area contributed by atoms with Crippen LogP contribution in [0.15, 0.2) is 48.5 Å². The van der Waals surface area contributed by atoms with E-state index in [0.717, 1.165) is 43.3 Å². The van der Waals surface area contributed by atoms with Crippen LogP contribution in [0.25, 0.3) is 11.0 Å². The minimum Gasteiger partial charge on any atom is -0.356 e. The first-order valence-corrected chi connectivity index (χ1v) is 12.0. The molecule has 166 valence electrons. The van der Waals surface area contributed by atoms with Crippen LogP contribution in [-0.2, 0) is 24.2 Å². The van der Waals surface area contributed by atoms with Crippen molar-refractivity contribution in [2.24, 2.45) is 0 Å². The molecule has 3 aromatic rings. The first-order valence-electron chi connectivity index (χ1n) is 11.6. The first kappa shape index (κ1) is 23.3. The normalized spacial score (nSPS) is 11.2. The van der Waals surface area contributed by atoms with Crippen LogP contribution in [0.4, 0.5) is 0 Å². The molecule has 1 N–H and O–H groups in total. The summed E-state index contributed by atoms with van der Waals surface area (Å²) in [5, 5.41) is 3.66. The van der Waals surface area contributed by atoms with E-state index >= 15 is 0 Å². The topological polar surface area (TPSA) is 46.9 Å². The molecule has 0 saturated heterocycles. The predicted molar refractivity (Wildman–Crippen MR) is 130 cm³/mol. The molecule has 0 aliphatic heterocycles. The van der Waals surface area contributed by atoms with Crippen LogP contribution in [-0.4, -0.2) is 22.0 Å². The maximum absolute atomic E-state index is 12.1. The number of aryl methyl sites for hydroxylation is 2. The second-order valence-electron chi connectivity index (χ2n) is 8.16. The first-order chi connectivity index (χ1) is 15.2. The summed E-state index contributed by atoms with van der Waals surface area (Å²) >= 11 is 6.13. The Kier molecular flexibility index (Phi) is 9.41. The van der Waals surface area contributed by atoms with E-state index in [4.69, 9.17) is 16.6 Å². The van der Waals surface area contributed by atoms with E-state index in [9.17, 15) is 4.79 Å². The third kappa shape index (κ3) is 7.10. The fourth-order valence-corrected chi connectivity index (χ4v) is 4.15. The number of carbonyl (C=O) groups excluding carboxylic acids is 1. The highest BCUT2D eigenvalue weighted by Gasteiger charge is 2.10. The van der Waals surface area contributed by atoms with E-state index in [1.165, 1.54) is 37.0 Å². The lowest BCUT2D eigenvalue weighted by Crippen LogP contribution is -2.26. The number of halogens is 1. The van der Waals surface area contributed by atoms with Gasteiger partial charge >= 0.3 is 0 Å². The molecule has 0 fully saturated rings. The average Bonchev–Trinajstić information content (AvgIpc) is 3.12. The number of fused-ring (bicyclic) bond motifs is 1. The maximum Gasteiger partial charge on any atom is 0.224 e. The summed E-state index contributed by atoms with van der Waals surface area (Å²) in [7, 11) is 0. The molecule has 0 unspecified atom stereocenters. The van der Waals surface area contributed by atoms with E-state index < -0.39 is 0 Å². The van der Waals surface area contributed by atoms with Gasteiger partial charge < -0.3 is 9.88 Å². The fourth-order valence-electron chi connectivity index (χ4n) is 3.95. The number of hydrogen-bond acceptors (Lipinski definition) is 2. The quantitative estimate of drug-likeness (QED) is 0.316. The third-order valence-electron chi connectivity index (χ3n) is 5.68. The van der Waals surface area contributed by atoms with Gasteiger partial charge in [0.2, 0.25) is 5.91 Å². The monoisotopic (exact) mass is 439 g/mol. The van der Waals surface area contributed by atoms with Crippen LogP contribution in [0.1, 0.15) is 63.3 Å². The number of unbranched alkanes of at least 4 members (excludes halogenated alkanes) is 5. The summed E-state index contributed by atoms with van der Waals surface area (Å²) in [5.41, 5.74) is 3.22. The van der Waals surface area contributed by atoms with Crippen molar-refractivity contribution in [2.75, 3.05) is 6.54 Å². The molecule has 0 atom stereocenters. The van der Waals surface area contributed by atoms with Gasteiger partial charge in [0, 0.05) is 24.5 Å². The van der Waals surface area contributed by atoms with Crippen molar-refractivity contribution in [3.05, 3.63) is 64.9 Å². The Morgan fingerprint density at radius 1 is 0.968 bits per heavy atom. The Morgan fingerprint density at radius 2 is 1.74 bits per heavy atom. The highest BCUT2D eigenvalue weighted by atomic mass is 35.5. The summed E-state index contributed by atoms with van der Waals surface area (Å²) in [5.74, 6) is 1.22. The molecule has 3 rings (SSSR count). The summed E-state index contributed by atoms with van der Waals surface area (Å²) in [6, 6.07) is 16.0. The van der Waals surface area contributed by atoms with Crippen molar-refractivity contribution in [1.29, 1.82) is 0 Å². The van der Waals surface area contributed by atoms with Gasteiger partial charge in [-0.3, -0.25) is 4.79 Å². The molecule has 0 bridgehead atoms. The minimum absolute atomic E-state index is 0.0296. The predicted octanol–water partition coefficient (Wildman–Crippen LogP) is 6.34. The smallest absolute Gasteiger partial charge is 0.224 e. The number of imidazole rings is 1. The van der Waals surface area contributed by atoms with Gasteiger partial charge in [-0.05, 0) is 43.0 Å². The van der Waals surface area contributed by atoms with Gasteiger partial charge in [-0.25, -0.2) is 4.98 Å². The Bertz CT molecular complexity index is 966. The van der Waals surface area contributed by atoms with Crippen molar-refractivity contribution in [3.63, 3.8) is 0 Å². The molecule has 0 saturated carbocycles. The van der Waals surface area contributed by atoms with Gasteiger partial charge in [0.25, 0.3) is 0 Å². The van der Waals surface area contributed by atoms with Gasteiger partial charge in [0.1, 0.15) is 5.82 Å². The van der Waals surface area contributed by atoms with Gasteiger partial charge in [0.05, 0.1) is 17.5 Å². The number of nitrogens with one attached hydrogen (secondary N) is 1. The Hall–Kier alpha value is -2.33. The molecule has 31 heavy (non-hydrogen) atoms. The van der Waals surface area contributed by atoms with Crippen molar-refractivity contribution >= 4 is 28.5 Å². The van der Waals surface area contributed by atoms with Gasteiger partial charge in [-0.2, -0.15) is 0 Å². The van der Waals surface area contributed by atoms with E-state index in [0.29, 0.717) is 18.0 Å². The molecule has 0 radical (unpaired) electrons. The van der Waals surface area contributed by atoms with Crippen molar-refractivity contribution in [2.45, 2.75) is 71.3 Å². The minimum atomic E-state index is 0.0296. The lowest BCUT2D eigenvalue weighted by Gasteiger charge is -2.10. The van der Waals surface area contributed by atoms with Gasteiger partial charge in [-0.15, -0.1) is 0 Å². The molecule has 1 amide bonds. The molecular weight excluding hydrogens is 406 g/mol. The Balaban J connectivity index is 1.42. The second kappa shape index (κ2) is 12.5. The molecule has 1 aromatic heterocycles. The van der Waals surface area contributed by atoms with Crippen LogP contribution in [0.2, 0.25) is 5.02 Å². The van der Waals surface area contributed by atoms with Gasteiger partial charge in [-0.1, -0.05) is 74.5 Å². The fraction of sp³-hybridized carbons (Fsp3) is 0.462. The number of amides is 1. The standard InChI is InChI=1S/C26H34ClN3O/c1-2-3-4-12-19-30-24-16-10-9-15-23(24)29-25(30)17-6-5-11-18-28-26(31)20-21-13-7-8-14-22(21)27/h7-10,13-16H,2-6,11-12,17-20H2,1H3,(H,28,31). The molecule has 5 heteroatoms. The summed E-state index contributed by atoms with van der Waals surface area (Å²) in [6.45, 7) is 4.00. The van der Waals surface area contributed by atoms with Crippen molar-refractivity contribution < 1.29 is 4.79 Å². The van der Waals surface area contributed by atoms with Gasteiger partial charge in [0.15, 0.2) is 0 Å². The van der Waals surface area contributed by atoms with Crippen molar-refractivity contribution in [3.8, 4) is 0 Å². The summed E-state index contributed by atoms with van der Waals surface area (Å²) in [6.07, 6.45) is 9.48. The molecule has 4 nitrogen and oxygen atoms in total. The molecule has 0 spiro atoms. The molecule has 1 heterocycles. The van der Waals surface area contributed by atoms with Crippen LogP contribution < -0.4 is 5.32 Å². The average molecular weight is 440 g/mol. The zero-order valence-corrected chi connectivity index (χ0v) is 19.3. The highest BCUT2D eigenvalue weighted by Crippen LogP contribution is 2.19. The molecular formula is C26H34ClN3O. The van der Waals surface area contributed by atoms with E-state index in [1.54, 1.807) is 0 Å². The number of para-hydroxylation sites is 2. The van der Waals surface area contributed by atoms with Crippen molar-refractivity contribution in [1.82, 2.24) is 14.9 Å². The SMILES string of the molecule is CCCCCCn1c(CCCCCNC(=O)Cc2ccccc2Cl)nc2ccccc21. The van der Waals surface area contributed by atoms with E-state index in [1.807, 2.05) is 24.3 Å². The number of aromatic nitrogens is 2. The molecule has 0 aliphatic carbocycles. The van der Waals surface area contributed by atoms with E-state index in [2.05, 4.69) is 41.1 Å². The number of rotatable bonds is 13. The number of carbonyl (C=O) groups is 1. The summed E-state index contributed by atoms with van der Waals surface area (Å²) in [4.78, 5) is 17.0. The zero-order chi connectivity index (χ0) is 21.9. The zero-order valence-electron chi connectivity index (χ0n) is 18.6. The Labute approximate surface area is 191 Å². The van der Waals surface area contributed by atoms with Crippen LogP contribution >= 0.6 is 11.6 Å². The number of hydrogen-bond donors (Lipinski definition) is 1. The molecule has 0 aliphatic rings. The van der Waals surface area contributed by atoms with Crippen LogP contribution in [0.3, 0.4) is 0 Å². The number of benzene rings is 2. The second-order valence-corrected chi connectivity index (χ2v) is 8.57. The largest absolute Gasteiger partial charge is 0.356 e. The maximum atomic E-state index is 12.1. The van der Waals surface area contributed by atoms with Crippen LogP contribution in [0, 0.1) is 0 Å². The molecule has 2 aromatic carbocycles. The number of nitrogens with zero attached hydrogens (tertiary/aromatic N) is 2. The van der Waals surface area contributed by atoms with E-state index in [-0.39, 0.29) is 5.91 Å². The summed E-state index contributed by atoms with van der Waals surface area (Å²) < 4.78 is 2.41. The lowest BCUT2D eigenvalue weighted by molar-refractivity contribution is -0.120. The lowest BCUT2D eigenvalue weighted by atomic mass is 10.1. The third-order valence-corrected chi connectivity index (χ3v) is 6.05. The Morgan fingerprint density at radius 3 is 2.58 bits per heavy atom. The van der Waals surface area contributed by atoms with Crippen LogP contribution in [0.5, 0.6) is 0 Å². The highest BCUT2D eigenvalue weighted by molar-refractivity contribution is 6.31.